The smallest absolute Gasteiger partial charge is 0.0931 e. The van der Waals surface area contributed by atoms with Crippen molar-refractivity contribution in [2.45, 2.75) is 25.8 Å². The van der Waals surface area contributed by atoms with Gasteiger partial charge in [-0.3, -0.25) is 0 Å². The summed E-state index contributed by atoms with van der Waals surface area (Å²) >= 11 is 7.50. The van der Waals surface area contributed by atoms with Gasteiger partial charge in [0.2, 0.25) is 0 Å². The van der Waals surface area contributed by atoms with Crippen LogP contribution < -0.4 is 5.32 Å². The molecular formula is C10H14ClNS. The zero-order valence-electron chi connectivity index (χ0n) is 7.55. The van der Waals surface area contributed by atoms with Crippen molar-refractivity contribution in [1.29, 1.82) is 0 Å². The van der Waals surface area contributed by atoms with Gasteiger partial charge in [-0.15, -0.1) is 11.3 Å². The number of thiophene rings is 1. The first-order valence-corrected chi connectivity index (χ1v) is 5.99. The van der Waals surface area contributed by atoms with E-state index < -0.39 is 0 Å². The van der Waals surface area contributed by atoms with Crippen LogP contribution in [0, 0.1) is 5.92 Å². The van der Waals surface area contributed by atoms with Gasteiger partial charge in [-0.1, -0.05) is 18.0 Å². The van der Waals surface area contributed by atoms with E-state index in [1.54, 1.807) is 11.3 Å². The average molecular weight is 216 g/mol. The summed E-state index contributed by atoms with van der Waals surface area (Å²) in [6, 6.07) is 4.06. The molecule has 0 bridgehead atoms. The Kier molecular flexibility index (Phi) is 3.25. The van der Waals surface area contributed by atoms with Gasteiger partial charge in [0.1, 0.15) is 0 Å². The van der Waals surface area contributed by atoms with Gasteiger partial charge in [0.05, 0.1) is 4.34 Å². The summed E-state index contributed by atoms with van der Waals surface area (Å²) in [5, 5.41) is 3.47. The number of halogens is 1. The van der Waals surface area contributed by atoms with Crippen molar-refractivity contribution in [3.8, 4) is 0 Å². The van der Waals surface area contributed by atoms with Crippen LogP contribution in [0.5, 0.6) is 0 Å². The van der Waals surface area contributed by atoms with Crippen LogP contribution >= 0.6 is 22.9 Å². The summed E-state index contributed by atoms with van der Waals surface area (Å²) < 4.78 is 0.889. The summed E-state index contributed by atoms with van der Waals surface area (Å²) in [6.07, 6.45) is 4.26. The van der Waals surface area contributed by atoms with Gasteiger partial charge in [-0.05, 0) is 37.4 Å². The minimum absolute atomic E-state index is 0.889. The summed E-state index contributed by atoms with van der Waals surface area (Å²) in [6.45, 7) is 2.16. The zero-order valence-corrected chi connectivity index (χ0v) is 9.13. The first kappa shape index (κ1) is 9.50. The van der Waals surface area contributed by atoms with E-state index in [1.165, 1.54) is 30.7 Å². The number of hydrogen-bond acceptors (Lipinski definition) is 2. The summed E-state index contributed by atoms with van der Waals surface area (Å²) in [5.74, 6) is 0.940. The standard InChI is InChI=1S/C10H14ClNS/c11-10-5-4-9(13-10)7-12-6-8-2-1-3-8/h4-5,8,12H,1-3,6-7H2. The molecule has 0 amide bonds. The van der Waals surface area contributed by atoms with Gasteiger partial charge in [-0.2, -0.15) is 0 Å². The maximum absolute atomic E-state index is 5.83. The molecule has 0 saturated heterocycles. The van der Waals surface area contributed by atoms with Crippen LogP contribution in [0.3, 0.4) is 0 Å². The SMILES string of the molecule is Clc1ccc(CNCC2CCC2)s1. The molecule has 0 radical (unpaired) electrons. The summed E-state index contributed by atoms with van der Waals surface area (Å²) in [7, 11) is 0. The number of hydrogen-bond donors (Lipinski definition) is 1. The summed E-state index contributed by atoms with van der Waals surface area (Å²) in [4.78, 5) is 1.34. The predicted octanol–water partition coefficient (Wildman–Crippen LogP) is 3.29. The molecule has 0 aromatic carbocycles. The summed E-state index contributed by atoms with van der Waals surface area (Å²) in [5.41, 5.74) is 0. The molecule has 3 heteroatoms. The van der Waals surface area contributed by atoms with Gasteiger partial charge in [0, 0.05) is 11.4 Å². The molecule has 1 aliphatic rings. The predicted molar refractivity (Wildman–Crippen MR) is 58.4 cm³/mol. The molecule has 13 heavy (non-hydrogen) atoms. The Morgan fingerprint density at radius 3 is 2.85 bits per heavy atom. The van der Waals surface area contributed by atoms with Gasteiger partial charge >= 0.3 is 0 Å². The molecule has 1 nitrogen and oxygen atoms in total. The molecule has 1 aromatic heterocycles. The van der Waals surface area contributed by atoms with Crippen molar-refractivity contribution in [1.82, 2.24) is 5.32 Å². The van der Waals surface area contributed by atoms with Gasteiger partial charge < -0.3 is 5.32 Å². The Morgan fingerprint density at radius 1 is 1.46 bits per heavy atom. The second-order valence-electron chi connectivity index (χ2n) is 3.63. The average Bonchev–Trinajstić information content (AvgIpc) is 2.42. The van der Waals surface area contributed by atoms with Crippen molar-refractivity contribution < 1.29 is 0 Å². The largest absolute Gasteiger partial charge is 0.312 e. The van der Waals surface area contributed by atoms with E-state index in [0.717, 1.165) is 16.8 Å². The lowest BCUT2D eigenvalue weighted by atomic mass is 9.85. The van der Waals surface area contributed by atoms with Crippen LogP contribution in [0.2, 0.25) is 4.34 Å². The molecule has 1 aliphatic carbocycles. The van der Waals surface area contributed by atoms with E-state index in [-0.39, 0.29) is 0 Å². The minimum atomic E-state index is 0.889. The minimum Gasteiger partial charge on any atom is -0.312 e. The maximum Gasteiger partial charge on any atom is 0.0931 e. The fraction of sp³-hybridized carbons (Fsp3) is 0.600. The quantitative estimate of drug-likeness (QED) is 0.813. The van der Waals surface area contributed by atoms with Crippen LogP contribution in [0.1, 0.15) is 24.1 Å². The molecule has 0 spiro atoms. The molecule has 1 fully saturated rings. The van der Waals surface area contributed by atoms with Crippen molar-refractivity contribution in [3.63, 3.8) is 0 Å². The Morgan fingerprint density at radius 2 is 2.31 bits per heavy atom. The van der Waals surface area contributed by atoms with Crippen molar-refractivity contribution >= 4 is 22.9 Å². The highest BCUT2D eigenvalue weighted by molar-refractivity contribution is 7.16. The normalized spacial score (nSPS) is 17.3. The maximum atomic E-state index is 5.83. The number of nitrogens with one attached hydrogen (secondary N) is 1. The van der Waals surface area contributed by atoms with Crippen LogP contribution in [-0.4, -0.2) is 6.54 Å². The van der Waals surface area contributed by atoms with E-state index in [4.69, 9.17) is 11.6 Å². The molecule has 0 aliphatic heterocycles. The highest BCUT2D eigenvalue weighted by Crippen LogP contribution is 2.25. The Hall–Kier alpha value is -0.0500. The lowest BCUT2D eigenvalue weighted by molar-refractivity contribution is 0.301. The lowest BCUT2D eigenvalue weighted by Gasteiger charge is -2.25. The number of rotatable bonds is 4. The van der Waals surface area contributed by atoms with Crippen LogP contribution in [0.25, 0.3) is 0 Å². The Bertz CT molecular complexity index is 268. The van der Waals surface area contributed by atoms with Crippen molar-refractivity contribution in [3.05, 3.63) is 21.3 Å². The first-order chi connectivity index (χ1) is 6.34. The third-order valence-electron chi connectivity index (χ3n) is 2.59. The molecular weight excluding hydrogens is 202 g/mol. The van der Waals surface area contributed by atoms with E-state index in [2.05, 4.69) is 11.4 Å². The second kappa shape index (κ2) is 4.45. The monoisotopic (exact) mass is 215 g/mol. The molecule has 0 atom stereocenters. The molecule has 0 unspecified atom stereocenters. The topological polar surface area (TPSA) is 12.0 Å². The molecule has 1 saturated carbocycles. The van der Waals surface area contributed by atoms with Gasteiger partial charge in [0.15, 0.2) is 0 Å². The van der Waals surface area contributed by atoms with E-state index >= 15 is 0 Å². The first-order valence-electron chi connectivity index (χ1n) is 4.79. The van der Waals surface area contributed by atoms with Crippen LogP contribution in [0.15, 0.2) is 12.1 Å². The molecule has 1 heterocycles. The molecule has 72 valence electrons. The fourth-order valence-electron chi connectivity index (χ4n) is 1.54. The lowest BCUT2D eigenvalue weighted by Crippen LogP contribution is -2.26. The second-order valence-corrected chi connectivity index (χ2v) is 5.43. The van der Waals surface area contributed by atoms with Gasteiger partial charge in [0.25, 0.3) is 0 Å². The Labute approximate surface area is 88.1 Å². The molecule has 1 N–H and O–H groups in total. The fourth-order valence-corrected chi connectivity index (χ4v) is 2.60. The van der Waals surface area contributed by atoms with E-state index in [9.17, 15) is 0 Å². The Balaban J connectivity index is 1.67. The van der Waals surface area contributed by atoms with Crippen LogP contribution in [0.4, 0.5) is 0 Å². The van der Waals surface area contributed by atoms with Crippen LogP contribution in [-0.2, 0) is 6.54 Å². The third-order valence-corrected chi connectivity index (χ3v) is 3.82. The third kappa shape index (κ3) is 2.70. The molecule has 2 rings (SSSR count). The highest BCUT2D eigenvalue weighted by atomic mass is 35.5. The highest BCUT2D eigenvalue weighted by Gasteiger charge is 2.16. The molecule has 1 aromatic rings. The zero-order chi connectivity index (χ0) is 9.10. The van der Waals surface area contributed by atoms with E-state index in [0.29, 0.717) is 0 Å². The van der Waals surface area contributed by atoms with E-state index in [1.807, 2.05) is 6.07 Å². The van der Waals surface area contributed by atoms with Crippen molar-refractivity contribution in [2.24, 2.45) is 5.92 Å². The van der Waals surface area contributed by atoms with Gasteiger partial charge in [-0.25, -0.2) is 0 Å². The van der Waals surface area contributed by atoms with Crippen molar-refractivity contribution in [2.75, 3.05) is 6.54 Å².